The highest BCUT2D eigenvalue weighted by Gasteiger charge is 2.16. The summed E-state index contributed by atoms with van der Waals surface area (Å²) < 4.78 is 23.1. The number of nitro groups is 2. The van der Waals surface area contributed by atoms with Gasteiger partial charge in [-0.25, -0.2) is 8.42 Å². The molecule has 0 aromatic heterocycles. The van der Waals surface area contributed by atoms with Gasteiger partial charge in [-0.15, -0.1) is 0 Å². The molecule has 0 heterocycles. The first-order valence-electron chi connectivity index (χ1n) is 6.37. The summed E-state index contributed by atoms with van der Waals surface area (Å²) in [6.45, 7) is 0. The van der Waals surface area contributed by atoms with Crippen molar-refractivity contribution in [2.75, 3.05) is 6.26 Å². The van der Waals surface area contributed by atoms with E-state index in [2.05, 4.69) is 0 Å². The van der Waals surface area contributed by atoms with Crippen LogP contribution in [0.15, 0.2) is 42.5 Å². The standard InChI is InChI=1S/C14H12N2O6S/c1-23(21,22)9-11-8-13(16(19)20)6-7-14(11)10-2-4-12(5-3-10)15(17)18/h2-8H,9H2,1H3. The first-order chi connectivity index (χ1) is 10.7. The molecule has 0 fully saturated rings. The van der Waals surface area contributed by atoms with E-state index in [1.807, 2.05) is 0 Å². The zero-order valence-corrected chi connectivity index (χ0v) is 12.8. The Labute approximate surface area is 131 Å². The van der Waals surface area contributed by atoms with E-state index in [0.717, 1.165) is 6.26 Å². The van der Waals surface area contributed by atoms with Gasteiger partial charge in [0.25, 0.3) is 11.4 Å². The molecule has 0 spiro atoms. The molecule has 8 nitrogen and oxygen atoms in total. The molecule has 2 aromatic carbocycles. The maximum atomic E-state index is 11.5. The smallest absolute Gasteiger partial charge is 0.258 e. The zero-order valence-electron chi connectivity index (χ0n) is 12.0. The van der Waals surface area contributed by atoms with E-state index in [-0.39, 0.29) is 22.7 Å². The van der Waals surface area contributed by atoms with Gasteiger partial charge in [0, 0.05) is 30.5 Å². The van der Waals surface area contributed by atoms with Gasteiger partial charge in [0.1, 0.15) is 0 Å². The molecule has 2 aromatic rings. The van der Waals surface area contributed by atoms with Crippen molar-refractivity contribution in [1.82, 2.24) is 0 Å². The van der Waals surface area contributed by atoms with Crippen molar-refractivity contribution in [2.45, 2.75) is 5.75 Å². The largest absolute Gasteiger partial charge is 0.269 e. The fraction of sp³-hybridized carbons (Fsp3) is 0.143. The first-order valence-corrected chi connectivity index (χ1v) is 8.43. The Balaban J connectivity index is 2.56. The van der Waals surface area contributed by atoms with Crippen LogP contribution in [0.3, 0.4) is 0 Å². The molecule has 2 rings (SSSR count). The van der Waals surface area contributed by atoms with E-state index in [0.29, 0.717) is 11.1 Å². The third kappa shape index (κ3) is 4.10. The number of hydrogen-bond donors (Lipinski definition) is 0. The van der Waals surface area contributed by atoms with Crippen molar-refractivity contribution < 1.29 is 18.3 Å². The molecule has 0 N–H and O–H groups in total. The number of sulfone groups is 1. The Morgan fingerprint density at radius 3 is 1.91 bits per heavy atom. The summed E-state index contributed by atoms with van der Waals surface area (Å²) in [5, 5.41) is 21.5. The molecule has 0 aliphatic carbocycles. The highest BCUT2D eigenvalue weighted by molar-refractivity contribution is 7.89. The van der Waals surface area contributed by atoms with E-state index < -0.39 is 19.7 Å². The van der Waals surface area contributed by atoms with Crippen LogP contribution in [-0.4, -0.2) is 24.5 Å². The van der Waals surface area contributed by atoms with Crippen molar-refractivity contribution in [2.24, 2.45) is 0 Å². The number of non-ortho nitro benzene ring substituents is 2. The lowest BCUT2D eigenvalue weighted by atomic mass is 10.00. The minimum atomic E-state index is -3.40. The quantitative estimate of drug-likeness (QED) is 0.611. The topological polar surface area (TPSA) is 120 Å². The summed E-state index contributed by atoms with van der Waals surface area (Å²) in [5.41, 5.74) is 0.991. The fourth-order valence-corrected chi connectivity index (χ4v) is 2.94. The van der Waals surface area contributed by atoms with Gasteiger partial charge in [0.2, 0.25) is 0 Å². The Morgan fingerprint density at radius 2 is 1.43 bits per heavy atom. The maximum absolute atomic E-state index is 11.5. The molecule has 0 unspecified atom stereocenters. The Bertz CT molecular complexity index is 875. The van der Waals surface area contributed by atoms with Crippen LogP contribution in [0.25, 0.3) is 11.1 Å². The van der Waals surface area contributed by atoms with Gasteiger partial charge in [-0.1, -0.05) is 0 Å². The summed E-state index contributed by atoms with van der Waals surface area (Å²) in [7, 11) is -3.40. The average Bonchev–Trinajstić information content (AvgIpc) is 2.45. The summed E-state index contributed by atoms with van der Waals surface area (Å²) in [6.07, 6.45) is 1.03. The second-order valence-corrected chi connectivity index (χ2v) is 7.11. The Hall–Kier alpha value is -2.81. The molecule has 0 aliphatic rings. The summed E-state index contributed by atoms with van der Waals surface area (Å²) in [5.74, 6) is -0.360. The summed E-state index contributed by atoms with van der Waals surface area (Å²) in [4.78, 5) is 20.4. The summed E-state index contributed by atoms with van der Waals surface area (Å²) in [6, 6.07) is 9.46. The van der Waals surface area contributed by atoms with E-state index in [4.69, 9.17) is 0 Å². The van der Waals surface area contributed by atoms with Crippen molar-refractivity contribution in [3.63, 3.8) is 0 Å². The molecule has 0 saturated carbocycles. The molecular formula is C14H12N2O6S. The number of nitro benzene ring substituents is 2. The monoisotopic (exact) mass is 336 g/mol. The third-order valence-corrected chi connectivity index (χ3v) is 3.94. The van der Waals surface area contributed by atoms with Gasteiger partial charge in [0.05, 0.1) is 15.6 Å². The highest BCUT2D eigenvalue weighted by atomic mass is 32.2. The Kier molecular flexibility index (Phi) is 4.41. The molecule has 9 heteroatoms. The van der Waals surface area contributed by atoms with Crippen LogP contribution in [0.2, 0.25) is 0 Å². The molecule has 0 aliphatic heterocycles. The molecule has 120 valence electrons. The number of hydrogen-bond acceptors (Lipinski definition) is 6. The van der Waals surface area contributed by atoms with Crippen LogP contribution in [0, 0.1) is 20.2 Å². The van der Waals surface area contributed by atoms with E-state index in [1.54, 1.807) is 0 Å². The zero-order chi connectivity index (χ0) is 17.2. The minimum Gasteiger partial charge on any atom is -0.258 e. The molecule has 23 heavy (non-hydrogen) atoms. The highest BCUT2D eigenvalue weighted by Crippen LogP contribution is 2.30. The first kappa shape index (κ1) is 16.6. The second-order valence-electron chi connectivity index (χ2n) is 4.97. The van der Waals surface area contributed by atoms with Crippen LogP contribution in [0.1, 0.15) is 5.56 Å². The van der Waals surface area contributed by atoms with E-state index in [1.165, 1.54) is 42.5 Å². The molecule has 0 amide bonds. The average molecular weight is 336 g/mol. The third-order valence-electron chi connectivity index (χ3n) is 3.11. The number of benzene rings is 2. The Morgan fingerprint density at radius 1 is 0.913 bits per heavy atom. The molecule has 0 saturated heterocycles. The number of nitrogens with zero attached hydrogens (tertiary/aromatic N) is 2. The minimum absolute atomic E-state index is 0.0969. The molecule has 0 bridgehead atoms. The predicted molar refractivity (Wildman–Crippen MR) is 83.7 cm³/mol. The summed E-state index contributed by atoms with van der Waals surface area (Å²) >= 11 is 0. The normalized spacial score (nSPS) is 11.2. The lowest BCUT2D eigenvalue weighted by Crippen LogP contribution is -2.03. The second kappa shape index (κ2) is 6.13. The van der Waals surface area contributed by atoms with Gasteiger partial charge in [-0.2, -0.15) is 0 Å². The van der Waals surface area contributed by atoms with Gasteiger partial charge >= 0.3 is 0 Å². The van der Waals surface area contributed by atoms with Gasteiger partial charge in [-0.05, 0) is 34.9 Å². The van der Waals surface area contributed by atoms with Crippen LogP contribution >= 0.6 is 0 Å². The lowest BCUT2D eigenvalue weighted by Gasteiger charge is -2.09. The van der Waals surface area contributed by atoms with Gasteiger partial charge in [0.15, 0.2) is 9.84 Å². The molecule has 0 radical (unpaired) electrons. The van der Waals surface area contributed by atoms with E-state index >= 15 is 0 Å². The van der Waals surface area contributed by atoms with Crippen LogP contribution < -0.4 is 0 Å². The van der Waals surface area contributed by atoms with Crippen LogP contribution in [-0.2, 0) is 15.6 Å². The van der Waals surface area contributed by atoms with Gasteiger partial charge in [-0.3, -0.25) is 20.2 Å². The van der Waals surface area contributed by atoms with Crippen molar-refractivity contribution in [1.29, 1.82) is 0 Å². The SMILES string of the molecule is CS(=O)(=O)Cc1cc([N+](=O)[O-])ccc1-c1ccc([N+](=O)[O-])cc1. The van der Waals surface area contributed by atoms with Crippen molar-refractivity contribution in [3.05, 3.63) is 68.3 Å². The lowest BCUT2D eigenvalue weighted by molar-refractivity contribution is -0.385. The number of rotatable bonds is 5. The predicted octanol–water partition coefficient (Wildman–Crippen LogP) is 2.71. The van der Waals surface area contributed by atoms with Gasteiger partial charge < -0.3 is 0 Å². The molecular weight excluding hydrogens is 324 g/mol. The van der Waals surface area contributed by atoms with Crippen LogP contribution in [0.5, 0.6) is 0 Å². The van der Waals surface area contributed by atoms with Crippen molar-refractivity contribution >= 4 is 21.2 Å². The van der Waals surface area contributed by atoms with Crippen LogP contribution in [0.4, 0.5) is 11.4 Å². The van der Waals surface area contributed by atoms with E-state index in [9.17, 15) is 28.6 Å². The molecule has 0 atom stereocenters. The maximum Gasteiger partial charge on any atom is 0.269 e. The fourth-order valence-electron chi connectivity index (χ4n) is 2.14. The van der Waals surface area contributed by atoms with Crippen molar-refractivity contribution in [3.8, 4) is 11.1 Å².